The number of anilines is 1. The highest BCUT2D eigenvalue weighted by atomic mass is 127. The lowest BCUT2D eigenvalue weighted by molar-refractivity contribution is 0.0268. The first-order chi connectivity index (χ1) is 8.58. The predicted octanol–water partition coefficient (Wildman–Crippen LogP) is -1.03. The lowest BCUT2D eigenvalue weighted by Gasteiger charge is -2.21. The number of nitrogen functional groups attached to an aromatic ring is 1. The topological polar surface area (TPSA) is 111 Å². The summed E-state index contributed by atoms with van der Waals surface area (Å²) in [6.07, 6.45) is 1.14. The van der Waals surface area contributed by atoms with Gasteiger partial charge in [-0.3, -0.25) is 4.57 Å². The Hall–Kier alpha value is -0.710. The Kier molecular flexibility index (Phi) is 4.20. The van der Waals surface area contributed by atoms with Gasteiger partial charge in [0.1, 0.15) is 5.82 Å². The zero-order valence-electron chi connectivity index (χ0n) is 9.49. The van der Waals surface area contributed by atoms with E-state index in [2.05, 4.69) is 4.98 Å². The summed E-state index contributed by atoms with van der Waals surface area (Å²) in [6, 6.07) is -0.332. The maximum atomic E-state index is 11.8. The number of nitrogens with zero attached hydrogens (tertiary/aromatic N) is 2. The Balaban J connectivity index is 2.37. The van der Waals surface area contributed by atoms with Crippen LogP contribution in [-0.2, 0) is 4.74 Å². The first-order valence-electron chi connectivity index (χ1n) is 5.46. The van der Waals surface area contributed by atoms with Crippen LogP contribution in [0.2, 0.25) is 0 Å². The molecule has 4 N–H and O–H groups in total. The second kappa shape index (κ2) is 5.51. The Labute approximate surface area is 117 Å². The molecule has 2 rings (SSSR count). The molecule has 100 valence electrons. The lowest BCUT2D eigenvalue weighted by atomic mass is 9.98. The van der Waals surface area contributed by atoms with Gasteiger partial charge in [-0.1, -0.05) is 0 Å². The summed E-state index contributed by atoms with van der Waals surface area (Å²) in [4.78, 5) is 15.5. The molecule has 1 aliphatic rings. The Morgan fingerprint density at radius 3 is 2.89 bits per heavy atom. The second-order valence-corrected chi connectivity index (χ2v) is 5.29. The lowest BCUT2D eigenvalue weighted by Crippen LogP contribution is -2.35. The number of ether oxygens (including phenoxy) is 1. The molecular formula is C10H14IN3O4. The van der Waals surface area contributed by atoms with Crippen LogP contribution in [0, 0.1) is 9.49 Å². The molecule has 1 aromatic heterocycles. The van der Waals surface area contributed by atoms with Crippen molar-refractivity contribution in [2.75, 3.05) is 25.6 Å². The maximum absolute atomic E-state index is 11.8. The minimum Gasteiger partial charge on any atom is -0.396 e. The van der Waals surface area contributed by atoms with Gasteiger partial charge in [-0.05, 0) is 22.6 Å². The molecule has 0 amide bonds. The number of hydrogen-bond acceptors (Lipinski definition) is 6. The fourth-order valence-electron chi connectivity index (χ4n) is 2.13. The van der Waals surface area contributed by atoms with E-state index >= 15 is 0 Å². The SMILES string of the molecule is Nc1nc(=O)n(C2COC(CO)C2CO)cc1I. The zero-order chi connectivity index (χ0) is 13.3. The van der Waals surface area contributed by atoms with E-state index < -0.39 is 11.8 Å². The normalized spacial score (nSPS) is 27.6. The molecule has 0 aromatic carbocycles. The zero-order valence-corrected chi connectivity index (χ0v) is 11.6. The molecule has 0 radical (unpaired) electrons. The van der Waals surface area contributed by atoms with Gasteiger partial charge in [0.15, 0.2) is 0 Å². The molecular weight excluding hydrogens is 353 g/mol. The van der Waals surface area contributed by atoms with Gasteiger partial charge in [0, 0.05) is 12.1 Å². The van der Waals surface area contributed by atoms with Gasteiger partial charge in [-0.15, -0.1) is 0 Å². The van der Waals surface area contributed by atoms with Crippen LogP contribution in [0.5, 0.6) is 0 Å². The number of aliphatic hydroxyl groups is 2. The van der Waals surface area contributed by atoms with Gasteiger partial charge >= 0.3 is 5.69 Å². The van der Waals surface area contributed by atoms with Crippen LogP contribution >= 0.6 is 22.6 Å². The van der Waals surface area contributed by atoms with Gasteiger partial charge in [0.25, 0.3) is 0 Å². The molecule has 1 aliphatic heterocycles. The molecule has 0 bridgehead atoms. The summed E-state index contributed by atoms with van der Waals surface area (Å²) in [5, 5.41) is 18.5. The highest BCUT2D eigenvalue weighted by Crippen LogP contribution is 2.30. The van der Waals surface area contributed by atoms with Gasteiger partial charge in [0.2, 0.25) is 0 Å². The number of hydrogen-bond donors (Lipinski definition) is 3. The van der Waals surface area contributed by atoms with Crippen LogP contribution in [0.1, 0.15) is 6.04 Å². The fourth-order valence-corrected chi connectivity index (χ4v) is 2.55. The van der Waals surface area contributed by atoms with Crippen molar-refractivity contribution in [1.29, 1.82) is 0 Å². The monoisotopic (exact) mass is 367 g/mol. The summed E-state index contributed by atoms with van der Waals surface area (Å²) in [5.41, 5.74) is 5.08. The molecule has 2 heterocycles. The molecule has 0 spiro atoms. The smallest absolute Gasteiger partial charge is 0.349 e. The third-order valence-corrected chi connectivity index (χ3v) is 3.97. The fraction of sp³-hybridized carbons (Fsp3) is 0.600. The van der Waals surface area contributed by atoms with E-state index in [9.17, 15) is 9.90 Å². The molecule has 0 aliphatic carbocycles. The van der Waals surface area contributed by atoms with Crippen molar-refractivity contribution < 1.29 is 14.9 Å². The Bertz CT molecular complexity index is 493. The van der Waals surface area contributed by atoms with Crippen LogP contribution in [0.25, 0.3) is 0 Å². The molecule has 1 aromatic rings. The first-order valence-corrected chi connectivity index (χ1v) is 6.53. The number of nitrogens with two attached hydrogens (primary N) is 1. The molecule has 8 heteroatoms. The van der Waals surface area contributed by atoms with Crippen molar-refractivity contribution >= 4 is 28.4 Å². The average Bonchev–Trinajstić information content (AvgIpc) is 2.76. The van der Waals surface area contributed by atoms with Gasteiger partial charge < -0.3 is 20.7 Å². The van der Waals surface area contributed by atoms with Gasteiger partial charge in [-0.25, -0.2) is 4.79 Å². The van der Waals surface area contributed by atoms with E-state index in [1.165, 1.54) is 4.57 Å². The third kappa shape index (κ3) is 2.37. The molecule has 3 unspecified atom stereocenters. The Morgan fingerprint density at radius 2 is 2.28 bits per heavy atom. The molecule has 3 atom stereocenters. The van der Waals surface area contributed by atoms with Gasteiger partial charge in [0.05, 0.1) is 35.5 Å². The van der Waals surface area contributed by atoms with E-state index in [1.54, 1.807) is 6.20 Å². The summed E-state index contributed by atoms with van der Waals surface area (Å²) < 4.78 is 7.44. The second-order valence-electron chi connectivity index (χ2n) is 4.13. The highest BCUT2D eigenvalue weighted by molar-refractivity contribution is 14.1. The summed E-state index contributed by atoms with van der Waals surface area (Å²) >= 11 is 1.99. The number of aliphatic hydroxyl groups excluding tert-OH is 2. The third-order valence-electron chi connectivity index (χ3n) is 3.13. The molecule has 1 fully saturated rings. The number of aromatic nitrogens is 2. The minimum absolute atomic E-state index is 0.163. The van der Waals surface area contributed by atoms with Crippen molar-refractivity contribution in [1.82, 2.24) is 9.55 Å². The van der Waals surface area contributed by atoms with E-state index in [4.69, 9.17) is 15.6 Å². The number of halogens is 1. The Morgan fingerprint density at radius 1 is 1.56 bits per heavy atom. The van der Waals surface area contributed by atoms with Crippen molar-refractivity contribution in [3.63, 3.8) is 0 Å². The van der Waals surface area contributed by atoms with Crippen LogP contribution in [-0.4, -0.2) is 45.7 Å². The van der Waals surface area contributed by atoms with Gasteiger partial charge in [-0.2, -0.15) is 4.98 Å². The minimum atomic E-state index is -0.474. The quantitative estimate of drug-likeness (QED) is 0.590. The van der Waals surface area contributed by atoms with Crippen molar-refractivity contribution in [3.05, 3.63) is 20.3 Å². The first kappa shape index (κ1) is 13.7. The molecule has 0 saturated carbocycles. The molecule has 1 saturated heterocycles. The molecule has 18 heavy (non-hydrogen) atoms. The van der Waals surface area contributed by atoms with E-state index in [-0.39, 0.29) is 37.6 Å². The van der Waals surface area contributed by atoms with E-state index in [1.807, 2.05) is 22.6 Å². The standard InChI is InChI=1S/C10H14IN3O4/c11-6-1-14(10(17)13-9(6)12)7-4-18-8(3-16)5(7)2-15/h1,5,7-8,15-16H,2-4H2,(H2,12,13,17). The average molecular weight is 367 g/mol. The molecule has 7 nitrogen and oxygen atoms in total. The van der Waals surface area contributed by atoms with Crippen LogP contribution in [0.3, 0.4) is 0 Å². The van der Waals surface area contributed by atoms with Crippen molar-refractivity contribution in [2.24, 2.45) is 5.92 Å². The van der Waals surface area contributed by atoms with Crippen LogP contribution in [0.15, 0.2) is 11.0 Å². The van der Waals surface area contributed by atoms with E-state index in [0.29, 0.717) is 3.57 Å². The number of rotatable bonds is 3. The predicted molar refractivity (Wildman–Crippen MR) is 72.1 cm³/mol. The summed E-state index contributed by atoms with van der Waals surface area (Å²) in [6.45, 7) is -0.0860. The van der Waals surface area contributed by atoms with E-state index in [0.717, 1.165) is 0 Å². The largest absolute Gasteiger partial charge is 0.396 e. The summed E-state index contributed by atoms with van der Waals surface area (Å²) in [7, 11) is 0. The maximum Gasteiger partial charge on any atom is 0.349 e. The van der Waals surface area contributed by atoms with Crippen LogP contribution < -0.4 is 11.4 Å². The van der Waals surface area contributed by atoms with Crippen molar-refractivity contribution in [3.8, 4) is 0 Å². The highest BCUT2D eigenvalue weighted by Gasteiger charge is 2.38. The van der Waals surface area contributed by atoms with Crippen LogP contribution in [0.4, 0.5) is 5.82 Å². The summed E-state index contributed by atoms with van der Waals surface area (Å²) in [5.74, 6) is -0.135. The van der Waals surface area contributed by atoms with Crippen molar-refractivity contribution in [2.45, 2.75) is 12.1 Å².